The van der Waals surface area contributed by atoms with Gasteiger partial charge in [0.2, 0.25) is 0 Å². The quantitative estimate of drug-likeness (QED) is 0.635. The van der Waals surface area contributed by atoms with Crippen LogP contribution in [0.4, 0.5) is 0 Å². The van der Waals surface area contributed by atoms with Crippen LogP contribution in [0.3, 0.4) is 0 Å². The van der Waals surface area contributed by atoms with E-state index >= 15 is 0 Å². The first kappa shape index (κ1) is 12.3. The van der Waals surface area contributed by atoms with E-state index in [2.05, 4.69) is 30.4 Å². The zero-order chi connectivity index (χ0) is 11.9. The van der Waals surface area contributed by atoms with Gasteiger partial charge in [0.1, 0.15) is 0 Å². The molecular weight excluding hydrogens is 210 g/mol. The zero-order valence-corrected chi connectivity index (χ0v) is 10.5. The lowest BCUT2D eigenvalue weighted by Gasteiger charge is -2.23. The molecule has 1 aliphatic heterocycles. The highest BCUT2D eigenvalue weighted by molar-refractivity contribution is 5.14. The molecule has 0 amide bonds. The summed E-state index contributed by atoms with van der Waals surface area (Å²) >= 11 is 0. The number of nitrogens with one attached hydrogen (secondary N) is 1. The lowest BCUT2D eigenvalue weighted by atomic mass is 9.99. The van der Waals surface area contributed by atoms with Gasteiger partial charge < -0.3 is 10.1 Å². The van der Waals surface area contributed by atoms with Crippen LogP contribution in [0.5, 0.6) is 0 Å². The van der Waals surface area contributed by atoms with E-state index < -0.39 is 0 Å². The summed E-state index contributed by atoms with van der Waals surface area (Å²) in [6.07, 6.45) is 4.69. The summed E-state index contributed by atoms with van der Waals surface area (Å²) in [5, 5.41) is 3.47. The summed E-state index contributed by atoms with van der Waals surface area (Å²) in [6, 6.07) is 10.8. The Morgan fingerprint density at radius 1 is 1.35 bits per heavy atom. The summed E-state index contributed by atoms with van der Waals surface area (Å²) in [6.45, 7) is 4.79. The number of piperidine rings is 1. The Morgan fingerprint density at radius 2 is 2.18 bits per heavy atom. The molecule has 1 N–H and O–H groups in total. The van der Waals surface area contributed by atoms with E-state index in [0.29, 0.717) is 12.6 Å². The van der Waals surface area contributed by atoms with Crippen molar-refractivity contribution in [2.75, 3.05) is 13.2 Å². The first-order valence-corrected chi connectivity index (χ1v) is 6.40. The molecule has 2 heteroatoms. The molecule has 1 aromatic carbocycles. The van der Waals surface area contributed by atoms with Crippen LogP contribution < -0.4 is 5.32 Å². The van der Waals surface area contributed by atoms with E-state index in [9.17, 15) is 0 Å². The minimum absolute atomic E-state index is 0.518. The van der Waals surface area contributed by atoms with E-state index in [-0.39, 0.29) is 0 Å². The van der Waals surface area contributed by atoms with E-state index in [4.69, 9.17) is 4.74 Å². The molecular formula is C15H21NO. The molecule has 0 spiro atoms. The molecule has 92 valence electrons. The Hall–Kier alpha value is -1.12. The topological polar surface area (TPSA) is 21.3 Å². The first-order chi connectivity index (χ1) is 8.36. The van der Waals surface area contributed by atoms with Crippen LogP contribution in [0, 0.1) is 0 Å². The van der Waals surface area contributed by atoms with Crippen molar-refractivity contribution in [2.24, 2.45) is 0 Å². The number of rotatable bonds is 4. The van der Waals surface area contributed by atoms with Crippen LogP contribution in [-0.4, -0.2) is 19.2 Å². The average molecular weight is 231 g/mol. The minimum Gasteiger partial charge on any atom is -0.373 e. The second-order valence-electron chi connectivity index (χ2n) is 4.56. The molecule has 0 saturated carbocycles. The van der Waals surface area contributed by atoms with Gasteiger partial charge in [-0.3, -0.25) is 0 Å². The highest BCUT2D eigenvalue weighted by atomic mass is 16.5. The van der Waals surface area contributed by atoms with E-state index in [1.165, 1.54) is 24.0 Å². The Labute approximate surface area is 104 Å². The maximum atomic E-state index is 5.67. The van der Waals surface area contributed by atoms with Crippen molar-refractivity contribution in [3.63, 3.8) is 0 Å². The second kappa shape index (κ2) is 6.58. The molecule has 2 rings (SSSR count). The van der Waals surface area contributed by atoms with Gasteiger partial charge in [-0.2, -0.15) is 0 Å². The maximum Gasteiger partial charge on any atom is 0.0721 e. The molecule has 1 heterocycles. The smallest absolute Gasteiger partial charge is 0.0721 e. The molecule has 1 fully saturated rings. The van der Waals surface area contributed by atoms with Crippen molar-refractivity contribution < 1.29 is 4.74 Å². The highest BCUT2D eigenvalue weighted by Gasteiger charge is 2.12. The Kier molecular flexibility index (Phi) is 4.77. The van der Waals surface area contributed by atoms with Crippen molar-refractivity contribution in [1.29, 1.82) is 0 Å². The van der Waals surface area contributed by atoms with Crippen LogP contribution in [0.25, 0.3) is 0 Å². The SMILES string of the molecule is CC1NCCC/C1=C\COCc1ccccc1. The van der Waals surface area contributed by atoms with Gasteiger partial charge in [-0.05, 0) is 31.9 Å². The number of hydrogen-bond acceptors (Lipinski definition) is 2. The van der Waals surface area contributed by atoms with Crippen molar-refractivity contribution in [2.45, 2.75) is 32.4 Å². The van der Waals surface area contributed by atoms with Crippen molar-refractivity contribution >= 4 is 0 Å². The van der Waals surface area contributed by atoms with E-state index in [1.54, 1.807) is 0 Å². The normalized spacial score (nSPS) is 22.9. The van der Waals surface area contributed by atoms with Gasteiger partial charge in [-0.25, -0.2) is 0 Å². The standard InChI is InChI=1S/C15H21NO/c1-13-15(8-5-10-16-13)9-11-17-12-14-6-3-2-4-7-14/h2-4,6-7,9,13,16H,5,8,10-12H2,1H3/b15-9+. The van der Waals surface area contributed by atoms with Crippen molar-refractivity contribution in [3.8, 4) is 0 Å². The molecule has 0 aliphatic carbocycles. The molecule has 1 saturated heterocycles. The summed E-state index contributed by atoms with van der Waals surface area (Å²) < 4.78 is 5.67. The molecule has 17 heavy (non-hydrogen) atoms. The van der Waals surface area contributed by atoms with Crippen LogP contribution in [-0.2, 0) is 11.3 Å². The van der Waals surface area contributed by atoms with E-state index in [1.807, 2.05) is 18.2 Å². The summed E-state index contributed by atoms with van der Waals surface area (Å²) in [5.74, 6) is 0. The van der Waals surface area contributed by atoms with Crippen molar-refractivity contribution in [3.05, 3.63) is 47.5 Å². The highest BCUT2D eigenvalue weighted by Crippen LogP contribution is 2.14. The van der Waals surface area contributed by atoms with Gasteiger partial charge in [0.25, 0.3) is 0 Å². The van der Waals surface area contributed by atoms with Gasteiger partial charge >= 0.3 is 0 Å². The van der Waals surface area contributed by atoms with Crippen LogP contribution in [0.2, 0.25) is 0 Å². The molecule has 1 aromatic rings. The third kappa shape index (κ3) is 3.99. The lowest BCUT2D eigenvalue weighted by molar-refractivity contribution is 0.147. The molecule has 1 unspecified atom stereocenters. The monoisotopic (exact) mass is 231 g/mol. The molecule has 0 bridgehead atoms. The third-order valence-electron chi connectivity index (χ3n) is 3.22. The Bertz CT molecular complexity index is 358. The first-order valence-electron chi connectivity index (χ1n) is 6.40. The molecule has 1 aliphatic rings. The molecule has 2 nitrogen and oxygen atoms in total. The van der Waals surface area contributed by atoms with Gasteiger partial charge in [-0.15, -0.1) is 0 Å². The largest absolute Gasteiger partial charge is 0.373 e. The summed E-state index contributed by atoms with van der Waals surface area (Å²) in [7, 11) is 0. The third-order valence-corrected chi connectivity index (χ3v) is 3.22. The fraction of sp³-hybridized carbons (Fsp3) is 0.467. The average Bonchev–Trinajstić information content (AvgIpc) is 2.38. The predicted molar refractivity (Wildman–Crippen MR) is 70.9 cm³/mol. The van der Waals surface area contributed by atoms with Gasteiger partial charge in [0.15, 0.2) is 0 Å². The maximum absolute atomic E-state index is 5.67. The van der Waals surface area contributed by atoms with Gasteiger partial charge in [-0.1, -0.05) is 42.0 Å². The fourth-order valence-corrected chi connectivity index (χ4v) is 2.15. The Balaban J connectivity index is 1.73. The van der Waals surface area contributed by atoms with Crippen LogP contribution in [0.15, 0.2) is 42.0 Å². The second-order valence-corrected chi connectivity index (χ2v) is 4.56. The molecule has 0 aromatic heterocycles. The van der Waals surface area contributed by atoms with Crippen molar-refractivity contribution in [1.82, 2.24) is 5.32 Å². The lowest BCUT2D eigenvalue weighted by Crippen LogP contribution is -2.33. The van der Waals surface area contributed by atoms with E-state index in [0.717, 1.165) is 13.2 Å². The summed E-state index contributed by atoms with van der Waals surface area (Å²) in [4.78, 5) is 0. The van der Waals surface area contributed by atoms with Gasteiger partial charge in [0, 0.05) is 6.04 Å². The van der Waals surface area contributed by atoms with Gasteiger partial charge in [0.05, 0.1) is 13.2 Å². The predicted octanol–water partition coefficient (Wildman–Crippen LogP) is 2.90. The molecule has 0 radical (unpaired) electrons. The number of benzene rings is 1. The number of hydrogen-bond donors (Lipinski definition) is 1. The number of ether oxygens (including phenoxy) is 1. The summed E-state index contributed by atoms with van der Waals surface area (Å²) in [5.41, 5.74) is 2.73. The molecule has 1 atom stereocenters. The van der Waals surface area contributed by atoms with Crippen LogP contribution in [0.1, 0.15) is 25.3 Å². The minimum atomic E-state index is 0.518. The Morgan fingerprint density at radius 3 is 2.94 bits per heavy atom. The van der Waals surface area contributed by atoms with Crippen LogP contribution >= 0.6 is 0 Å². The fourth-order valence-electron chi connectivity index (χ4n) is 2.15. The zero-order valence-electron chi connectivity index (χ0n) is 10.5.